The van der Waals surface area contributed by atoms with E-state index in [0.29, 0.717) is 0 Å². The number of aliphatic hydroxyl groups excluding tert-OH is 1. The van der Waals surface area contributed by atoms with Crippen LogP contribution in [0.15, 0.2) is 0 Å². The Kier molecular flexibility index (Phi) is 7.15. The van der Waals surface area contributed by atoms with Crippen LogP contribution in [0.2, 0.25) is 0 Å². The van der Waals surface area contributed by atoms with Gasteiger partial charge in [-0.1, -0.05) is 13.8 Å². The van der Waals surface area contributed by atoms with Crippen molar-refractivity contribution in [1.82, 2.24) is 10.2 Å². The van der Waals surface area contributed by atoms with Crippen LogP contribution in [-0.4, -0.2) is 48.8 Å². The summed E-state index contributed by atoms with van der Waals surface area (Å²) in [6, 6.07) is 0. The van der Waals surface area contributed by atoms with Gasteiger partial charge in [0.05, 0.1) is 6.61 Å². The van der Waals surface area contributed by atoms with Crippen LogP contribution in [0.3, 0.4) is 0 Å². The van der Waals surface area contributed by atoms with E-state index in [2.05, 4.69) is 38.0 Å². The van der Waals surface area contributed by atoms with Crippen LogP contribution in [0.4, 0.5) is 0 Å². The Morgan fingerprint density at radius 2 is 2.00 bits per heavy atom. The van der Waals surface area contributed by atoms with E-state index in [-0.39, 0.29) is 12.1 Å². The van der Waals surface area contributed by atoms with Gasteiger partial charge in [0.15, 0.2) is 0 Å². The molecule has 14 heavy (non-hydrogen) atoms. The molecule has 0 aliphatic heterocycles. The van der Waals surface area contributed by atoms with Gasteiger partial charge < -0.3 is 15.3 Å². The summed E-state index contributed by atoms with van der Waals surface area (Å²) in [6.07, 6.45) is 2.16. The van der Waals surface area contributed by atoms with Gasteiger partial charge in [0.1, 0.15) is 0 Å². The van der Waals surface area contributed by atoms with Crippen LogP contribution in [0.1, 0.15) is 33.6 Å². The van der Waals surface area contributed by atoms with Crippen LogP contribution >= 0.6 is 0 Å². The summed E-state index contributed by atoms with van der Waals surface area (Å²) in [7, 11) is 2.13. The summed E-state index contributed by atoms with van der Waals surface area (Å²) >= 11 is 0. The minimum atomic E-state index is -0.0939. The molecule has 0 fully saturated rings. The normalized spacial score (nSPS) is 15.9. The highest BCUT2D eigenvalue weighted by Gasteiger charge is 2.20. The lowest BCUT2D eigenvalue weighted by Crippen LogP contribution is -2.46. The van der Waals surface area contributed by atoms with Crippen LogP contribution in [0, 0.1) is 0 Å². The smallest absolute Gasteiger partial charge is 0.0610 e. The fourth-order valence-electron chi connectivity index (χ4n) is 1.55. The second-order valence-corrected chi connectivity index (χ2v) is 4.25. The minimum Gasteiger partial charge on any atom is -0.394 e. The predicted molar refractivity (Wildman–Crippen MR) is 61.6 cm³/mol. The molecule has 0 aliphatic carbocycles. The molecule has 0 aliphatic rings. The summed E-state index contributed by atoms with van der Waals surface area (Å²) in [4.78, 5) is 2.30. The zero-order valence-electron chi connectivity index (χ0n) is 10.1. The molecular formula is C11H26N2O. The van der Waals surface area contributed by atoms with E-state index in [4.69, 9.17) is 0 Å². The van der Waals surface area contributed by atoms with E-state index in [1.165, 1.54) is 0 Å². The molecule has 0 saturated heterocycles. The molecule has 0 aromatic rings. The van der Waals surface area contributed by atoms with Crippen molar-refractivity contribution in [3.05, 3.63) is 0 Å². The molecule has 86 valence electrons. The second-order valence-electron chi connectivity index (χ2n) is 4.25. The molecule has 1 atom stereocenters. The van der Waals surface area contributed by atoms with E-state index in [9.17, 15) is 5.11 Å². The molecule has 0 rings (SSSR count). The predicted octanol–water partition coefficient (Wildman–Crippen LogP) is 1.08. The third-order valence-corrected chi connectivity index (χ3v) is 2.76. The Balaban J connectivity index is 3.72. The average molecular weight is 202 g/mol. The fourth-order valence-corrected chi connectivity index (χ4v) is 1.55. The summed E-state index contributed by atoms with van der Waals surface area (Å²) in [6.45, 7) is 9.66. The maximum Gasteiger partial charge on any atom is 0.0610 e. The first kappa shape index (κ1) is 13.9. The molecule has 0 bridgehead atoms. The number of hydrogen-bond donors (Lipinski definition) is 2. The molecule has 3 heteroatoms. The van der Waals surface area contributed by atoms with Gasteiger partial charge >= 0.3 is 0 Å². The van der Waals surface area contributed by atoms with Crippen LogP contribution in [-0.2, 0) is 0 Å². The number of rotatable bonds is 8. The molecule has 0 radical (unpaired) electrons. The Morgan fingerprint density at radius 1 is 1.36 bits per heavy atom. The summed E-state index contributed by atoms with van der Waals surface area (Å²) < 4.78 is 0. The molecule has 2 N–H and O–H groups in total. The van der Waals surface area contributed by atoms with Gasteiger partial charge in [-0.3, -0.25) is 0 Å². The van der Waals surface area contributed by atoms with Crippen LogP contribution < -0.4 is 5.32 Å². The quantitative estimate of drug-likeness (QED) is 0.618. The second kappa shape index (κ2) is 7.21. The molecule has 0 heterocycles. The first-order valence-corrected chi connectivity index (χ1v) is 5.62. The average Bonchev–Trinajstić information content (AvgIpc) is 2.18. The fraction of sp³-hybridized carbons (Fsp3) is 1.00. The minimum absolute atomic E-state index is 0.0939. The maximum atomic E-state index is 9.26. The molecule has 0 amide bonds. The Labute approximate surface area is 88.5 Å². The van der Waals surface area contributed by atoms with E-state index in [1.807, 2.05) is 0 Å². The van der Waals surface area contributed by atoms with E-state index >= 15 is 0 Å². The molecule has 0 saturated carbocycles. The Morgan fingerprint density at radius 3 is 2.43 bits per heavy atom. The van der Waals surface area contributed by atoms with Crippen molar-refractivity contribution in [2.75, 3.05) is 33.3 Å². The van der Waals surface area contributed by atoms with Crippen molar-refractivity contribution in [2.24, 2.45) is 0 Å². The van der Waals surface area contributed by atoms with Gasteiger partial charge in [-0.2, -0.15) is 0 Å². The van der Waals surface area contributed by atoms with Crippen molar-refractivity contribution in [2.45, 2.75) is 39.2 Å². The van der Waals surface area contributed by atoms with Gasteiger partial charge in [-0.15, -0.1) is 0 Å². The summed E-state index contributed by atoms with van der Waals surface area (Å²) in [5.74, 6) is 0. The molecule has 0 aromatic carbocycles. The monoisotopic (exact) mass is 202 g/mol. The van der Waals surface area contributed by atoms with Gasteiger partial charge in [0.2, 0.25) is 0 Å². The Hall–Kier alpha value is -0.120. The van der Waals surface area contributed by atoms with Gasteiger partial charge in [-0.25, -0.2) is 0 Å². The van der Waals surface area contributed by atoms with Gasteiger partial charge in [0, 0.05) is 5.54 Å². The highest BCUT2D eigenvalue weighted by molar-refractivity contribution is 4.81. The zero-order valence-corrected chi connectivity index (χ0v) is 10.1. The number of nitrogens with one attached hydrogen (secondary N) is 1. The molecule has 0 spiro atoms. The number of nitrogens with zero attached hydrogens (tertiary/aromatic N) is 1. The highest BCUT2D eigenvalue weighted by atomic mass is 16.3. The van der Waals surface area contributed by atoms with E-state index < -0.39 is 0 Å². The molecule has 0 aromatic heterocycles. The topological polar surface area (TPSA) is 35.5 Å². The van der Waals surface area contributed by atoms with Crippen molar-refractivity contribution >= 4 is 0 Å². The summed E-state index contributed by atoms with van der Waals surface area (Å²) in [5, 5.41) is 12.6. The first-order chi connectivity index (χ1) is 6.58. The molecule has 1 unspecified atom stereocenters. The first-order valence-electron chi connectivity index (χ1n) is 5.62. The van der Waals surface area contributed by atoms with E-state index in [0.717, 1.165) is 32.5 Å². The summed E-state index contributed by atoms with van der Waals surface area (Å²) in [5.41, 5.74) is -0.0939. The van der Waals surface area contributed by atoms with Crippen molar-refractivity contribution in [3.63, 3.8) is 0 Å². The third-order valence-electron chi connectivity index (χ3n) is 2.76. The van der Waals surface area contributed by atoms with Gasteiger partial charge in [0.25, 0.3) is 0 Å². The molecular weight excluding hydrogens is 176 g/mol. The van der Waals surface area contributed by atoms with E-state index in [1.54, 1.807) is 0 Å². The van der Waals surface area contributed by atoms with Crippen molar-refractivity contribution in [3.8, 4) is 0 Å². The largest absolute Gasteiger partial charge is 0.394 e. The lowest BCUT2D eigenvalue weighted by Gasteiger charge is -2.29. The van der Waals surface area contributed by atoms with Crippen molar-refractivity contribution < 1.29 is 5.11 Å². The number of likely N-dealkylation sites (N-methyl/N-ethyl adjacent to an activating group) is 1. The number of hydrogen-bond acceptors (Lipinski definition) is 3. The van der Waals surface area contributed by atoms with Crippen LogP contribution in [0.5, 0.6) is 0 Å². The van der Waals surface area contributed by atoms with Crippen molar-refractivity contribution in [1.29, 1.82) is 0 Å². The Bertz CT molecular complexity index is 141. The lowest BCUT2D eigenvalue weighted by molar-refractivity contribution is 0.161. The lowest BCUT2D eigenvalue weighted by atomic mass is 9.96. The third kappa shape index (κ3) is 5.58. The maximum absolute atomic E-state index is 9.26. The van der Waals surface area contributed by atoms with Gasteiger partial charge in [-0.05, 0) is 46.4 Å². The molecule has 3 nitrogen and oxygen atoms in total. The zero-order chi connectivity index (χ0) is 11.0. The standard InChI is InChI=1S/C11H26N2O/c1-5-12-11(3,10-14)8-7-9-13(4)6-2/h12,14H,5-10H2,1-4H3. The number of aliphatic hydroxyl groups is 1. The highest BCUT2D eigenvalue weighted by Crippen LogP contribution is 2.11. The SMILES string of the molecule is CCNC(C)(CO)CCCN(C)CC. The van der Waals surface area contributed by atoms with Crippen LogP contribution in [0.25, 0.3) is 0 Å².